The fourth-order valence-electron chi connectivity index (χ4n) is 4.33. The van der Waals surface area contributed by atoms with E-state index in [1.165, 1.54) is 0 Å². The lowest BCUT2D eigenvalue weighted by atomic mass is 10.0. The number of nitrogens with zero attached hydrogens (tertiary/aromatic N) is 1. The van der Waals surface area contributed by atoms with Crippen LogP contribution >= 0.6 is 15.9 Å². The Balaban J connectivity index is 1.64. The van der Waals surface area contributed by atoms with Gasteiger partial charge in [-0.2, -0.15) is 0 Å². The molecule has 0 spiro atoms. The highest BCUT2D eigenvalue weighted by Crippen LogP contribution is 2.33. The Hall–Kier alpha value is -3.64. The fraction of sp³-hybridized carbons (Fsp3) is 0.250. The van der Waals surface area contributed by atoms with Crippen LogP contribution in [-0.2, 0) is 22.6 Å². The molecule has 4 rings (SSSR count). The SMILES string of the molecule is CC(C)(C)NC(=O)C(Cc1ccccc1)N(Cc1ccccc1)C(=O)COc1ccc2ccccc2c1Br. The van der Waals surface area contributed by atoms with Crippen LogP contribution in [0, 0.1) is 0 Å². The minimum Gasteiger partial charge on any atom is -0.483 e. The first-order valence-corrected chi connectivity index (χ1v) is 13.5. The first kappa shape index (κ1) is 27.4. The summed E-state index contributed by atoms with van der Waals surface area (Å²) >= 11 is 3.64. The second kappa shape index (κ2) is 12.3. The van der Waals surface area contributed by atoms with E-state index in [0.29, 0.717) is 12.2 Å². The molecule has 1 unspecified atom stereocenters. The molecule has 38 heavy (non-hydrogen) atoms. The summed E-state index contributed by atoms with van der Waals surface area (Å²) in [5, 5.41) is 5.16. The van der Waals surface area contributed by atoms with E-state index in [1.807, 2.05) is 118 Å². The van der Waals surface area contributed by atoms with Gasteiger partial charge in [0, 0.05) is 18.5 Å². The van der Waals surface area contributed by atoms with Gasteiger partial charge in [0.05, 0.1) is 4.47 Å². The summed E-state index contributed by atoms with van der Waals surface area (Å²) in [5.41, 5.74) is 1.47. The number of hydrogen-bond acceptors (Lipinski definition) is 3. The number of hydrogen-bond donors (Lipinski definition) is 1. The van der Waals surface area contributed by atoms with E-state index < -0.39 is 11.6 Å². The molecule has 196 valence electrons. The van der Waals surface area contributed by atoms with Gasteiger partial charge in [-0.05, 0) is 64.7 Å². The largest absolute Gasteiger partial charge is 0.483 e. The molecule has 0 saturated heterocycles. The predicted octanol–water partition coefficient (Wildman–Crippen LogP) is 6.54. The monoisotopic (exact) mass is 572 g/mol. The smallest absolute Gasteiger partial charge is 0.261 e. The molecule has 0 aliphatic carbocycles. The van der Waals surface area contributed by atoms with E-state index >= 15 is 0 Å². The summed E-state index contributed by atoms with van der Waals surface area (Å²) in [7, 11) is 0. The van der Waals surface area contributed by atoms with E-state index in [4.69, 9.17) is 4.74 Å². The highest BCUT2D eigenvalue weighted by atomic mass is 79.9. The Labute approximate surface area is 232 Å². The number of amides is 2. The van der Waals surface area contributed by atoms with Gasteiger partial charge in [0.25, 0.3) is 5.91 Å². The molecular formula is C32H33BrN2O3. The molecule has 0 bridgehead atoms. The van der Waals surface area contributed by atoms with Crippen LogP contribution in [0.25, 0.3) is 10.8 Å². The van der Waals surface area contributed by atoms with E-state index in [0.717, 1.165) is 26.4 Å². The van der Waals surface area contributed by atoms with Gasteiger partial charge in [-0.1, -0.05) is 91.0 Å². The van der Waals surface area contributed by atoms with E-state index in [1.54, 1.807) is 4.90 Å². The van der Waals surface area contributed by atoms with Gasteiger partial charge in [-0.3, -0.25) is 9.59 Å². The van der Waals surface area contributed by atoms with Crippen molar-refractivity contribution in [3.05, 3.63) is 113 Å². The number of benzene rings is 4. The van der Waals surface area contributed by atoms with Crippen LogP contribution in [0.4, 0.5) is 0 Å². The van der Waals surface area contributed by atoms with Crippen molar-refractivity contribution in [2.45, 2.75) is 45.3 Å². The van der Waals surface area contributed by atoms with Crippen molar-refractivity contribution < 1.29 is 14.3 Å². The average molecular weight is 574 g/mol. The van der Waals surface area contributed by atoms with Gasteiger partial charge < -0.3 is 15.0 Å². The average Bonchev–Trinajstić information content (AvgIpc) is 2.90. The molecule has 1 N–H and O–H groups in total. The molecule has 0 fully saturated rings. The van der Waals surface area contributed by atoms with Crippen molar-refractivity contribution in [1.82, 2.24) is 10.2 Å². The van der Waals surface area contributed by atoms with Gasteiger partial charge >= 0.3 is 0 Å². The van der Waals surface area contributed by atoms with Crippen molar-refractivity contribution in [3.8, 4) is 5.75 Å². The molecule has 5 nitrogen and oxygen atoms in total. The van der Waals surface area contributed by atoms with Crippen LogP contribution in [0.1, 0.15) is 31.9 Å². The van der Waals surface area contributed by atoms with Crippen LogP contribution in [0.3, 0.4) is 0 Å². The minimum atomic E-state index is -0.715. The van der Waals surface area contributed by atoms with Gasteiger partial charge in [-0.25, -0.2) is 0 Å². The number of carbonyl (C=O) groups is 2. The van der Waals surface area contributed by atoms with E-state index in [9.17, 15) is 9.59 Å². The Morgan fingerprint density at radius 2 is 1.45 bits per heavy atom. The van der Waals surface area contributed by atoms with Crippen molar-refractivity contribution in [2.75, 3.05) is 6.61 Å². The van der Waals surface area contributed by atoms with Gasteiger partial charge in [0.2, 0.25) is 5.91 Å². The summed E-state index contributed by atoms with van der Waals surface area (Å²) in [4.78, 5) is 29.1. The molecule has 0 heterocycles. The van der Waals surface area contributed by atoms with Crippen LogP contribution < -0.4 is 10.1 Å². The van der Waals surface area contributed by atoms with Crippen LogP contribution in [0.15, 0.2) is 102 Å². The summed E-state index contributed by atoms with van der Waals surface area (Å²) in [5.74, 6) is 0.117. The molecule has 0 radical (unpaired) electrons. The fourth-order valence-corrected chi connectivity index (χ4v) is 4.94. The molecule has 0 aliphatic rings. The van der Waals surface area contributed by atoms with Crippen molar-refractivity contribution >= 4 is 38.5 Å². The normalized spacial score (nSPS) is 12.1. The summed E-state index contributed by atoms with van der Waals surface area (Å²) in [6, 6.07) is 30.6. The number of carbonyl (C=O) groups excluding carboxylic acids is 2. The number of nitrogens with one attached hydrogen (secondary N) is 1. The van der Waals surface area contributed by atoms with Crippen molar-refractivity contribution in [1.29, 1.82) is 0 Å². The second-order valence-corrected chi connectivity index (χ2v) is 11.1. The van der Waals surface area contributed by atoms with Crippen LogP contribution in [0.2, 0.25) is 0 Å². The molecule has 4 aromatic carbocycles. The number of fused-ring (bicyclic) bond motifs is 1. The van der Waals surface area contributed by atoms with E-state index in [-0.39, 0.29) is 25.0 Å². The third-order valence-corrected chi connectivity index (χ3v) is 6.96. The second-order valence-electron chi connectivity index (χ2n) is 10.3. The number of halogens is 1. The number of ether oxygens (including phenoxy) is 1. The zero-order valence-electron chi connectivity index (χ0n) is 22.0. The summed E-state index contributed by atoms with van der Waals surface area (Å²) < 4.78 is 6.83. The lowest BCUT2D eigenvalue weighted by Crippen LogP contribution is -2.55. The van der Waals surface area contributed by atoms with Crippen molar-refractivity contribution in [3.63, 3.8) is 0 Å². The van der Waals surface area contributed by atoms with Crippen molar-refractivity contribution in [2.24, 2.45) is 0 Å². The highest BCUT2D eigenvalue weighted by molar-refractivity contribution is 9.10. The third-order valence-electron chi connectivity index (χ3n) is 6.14. The molecule has 2 amide bonds. The Morgan fingerprint density at radius 1 is 0.842 bits per heavy atom. The maximum absolute atomic E-state index is 13.8. The number of rotatable bonds is 9. The molecule has 0 aromatic heterocycles. The summed E-state index contributed by atoms with van der Waals surface area (Å²) in [6.07, 6.45) is 0.390. The van der Waals surface area contributed by atoms with Crippen LogP contribution in [-0.4, -0.2) is 34.9 Å². The molecule has 6 heteroatoms. The third kappa shape index (κ3) is 7.23. The lowest BCUT2D eigenvalue weighted by molar-refractivity contribution is -0.143. The quantitative estimate of drug-likeness (QED) is 0.248. The summed E-state index contributed by atoms with van der Waals surface area (Å²) in [6.45, 7) is 5.91. The Morgan fingerprint density at radius 3 is 2.11 bits per heavy atom. The Bertz CT molecular complexity index is 1380. The predicted molar refractivity (Wildman–Crippen MR) is 156 cm³/mol. The Kier molecular flexibility index (Phi) is 8.85. The molecular weight excluding hydrogens is 540 g/mol. The molecule has 0 saturated carbocycles. The van der Waals surface area contributed by atoms with Crippen LogP contribution in [0.5, 0.6) is 5.75 Å². The highest BCUT2D eigenvalue weighted by Gasteiger charge is 2.32. The van der Waals surface area contributed by atoms with E-state index in [2.05, 4.69) is 21.2 Å². The maximum Gasteiger partial charge on any atom is 0.261 e. The maximum atomic E-state index is 13.8. The van der Waals surface area contributed by atoms with Gasteiger partial charge in [0.15, 0.2) is 6.61 Å². The standard InChI is InChI=1S/C32H33BrN2O3/c1-32(2,3)34-31(37)27(20-23-12-6-4-7-13-23)35(21-24-14-8-5-9-15-24)29(36)22-38-28-19-18-25-16-10-11-17-26(25)30(28)33/h4-19,27H,20-22H2,1-3H3,(H,34,37). The first-order chi connectivity index (χ1) is 18.2. The van der Waals surface area contributed by atoms with Gasteiger partial charge in [-0.15, -0.1) is 0 Å². The van der Waals surface area contributed by atoms with Gasteiger partial charge in [0.1, 0.15) is 11.8 Å². The molecule has 4 aromatic rings. The zero-order valence-corrected chi connectivity index (χ0v) is 23.6. The first-order valence-electron chi connectivity index (χ1n) is 12.7. The topological polar surface area (TPSA) is 58.6 Å². The molecule has 0 aliphatic heterocycles. The minimum absolute atomic E-state index is 0.197. The lowest BCUT2D eigenvalue weighted by Gasteiger charge is -2.33. The molecule has 1 atom stereocenters. The zero-order chi connectivity index (χ0) is 27.1.